The van der Waals surface area contributed by atoms with E-state index in [9.17, 15) is 9.90 Å². The quantitative estimate of drug-likeness (QED) is 0.830. The monoisotopic (exact) mass is 247 g/mol. The van der Waals surface area contributed by atoms with Crippen molar-refractivity contribution in [2.24, 2.45) is 0 Å². The van der Waals surface area contributed by atoms with Crippen LogP contribution in [-0.2, 0) is 11.3 Å². The van der Waals surface area contributed by atoms with Crippen molar-refractivity contribution < 1.29 is 14.6 Å². The SMILES string of the molecule is O=C(OCc1ccccc1)N1CC=CCC1CO. The highest BCUT2D eigenvalue weighted by molar-refractivity contribution is 5.68. The highest BCUT2D eigenvalue weighted by Gasteiger charge is 2.24. The van der Waals surface area contributed by atoms with Gasteiger partial charge in [0.25, 0.3) is 0 Å². The van der Waals surface area contributed by atoms with Gasteiger partial charge in [-0.25, -0.2) is 4.79 Å². The number of hydrogen-bond donors (Lipinski definition) is 1. The van der Waals surface area contributed by atoms with E-state index in [2.05, 4.69) is 0 Å². The van der Waals surface area contributed by atoms with Crippen LogP contribution in [-0.4, -0.2) is 35.3 Å². The van der Waals surface area contributed by atoms with E-state index in [1.54, 1.807) is 4.90 Å². The van der Waals surface area contributed by atoms with Gasteiger partial charge in [0.15, 0.2) is 0 Å². The number of amides is 1. The van der Waals surface area contributed by atoms with Crippen molar-refractivity contribution in [1.29, 1.82) is 0 Å². The Morgan fingerprint density at radius 3 is 2.83 bits per heavy atom. The molecule has 4 nitrogen and oxygen atoms in total. The second-order valence-electron chi connectivity index (χ2n) is 4.24. The van der Waals surface area contributed by atoms with Crippen molar-refractivity contribution in [3.63, 3.8) is 0 Å². The molecule has 0 radical (unpaired) electrons. The number of ether oxygens (including phenoxy) is 1. The smallest absolute Gasteiger partial charge is 0.410 e. The lowest BCUT2D eigenvalue weighted by Crippen LogP contribution is -2.44. The fourth-order valence-corrected chi connectivity index (χ4v) is 1.92. The largest absolute Gasteiger partial charge is 0.445 e. The number of nitrogens with zero attached hydrogens (tertiary/aromatic N) is 1. The number of aliphatic hydroxyl groups is 1. The van der Waals surface area contributed by atoms with Crippen LogP contribution >= 0.6 is 0 Å². The van der Waals surface area contributed by atoms with Gasteiger partial charge < -0.3 is 9.84 Å². The van der Waals surface area contributed by atoms with Crippen LogP contribution in [0.3, 0.4) is 0 Å². The number of carbonyl (C=O) groups is 1. The zero-order valence-corrected chi connectivity index (χ0v) is 10.2. The van der Waals surface area contributed by atoms with Gasteiger partial charge in [0, 0.05) is 6.54 Å². The molecule has 96 valence electrons. The lowest BCUT2D eigenvalue weighted by atomic mass is 10.1. The minimum Gasteiger partial charge on any atom is -0.445 e. The number of rotatable bonds is 3. The van der Waals surface area contributed by atoms with Crippen molar-refractivity contribution >= 4 is 6.09 Å². The van der Waals surface area contributed by atoms with Crippen LogP contribution in [0.25, 0.3) is 0 Å². The molecule has 1 aliphatic heterocycles. The minimum atomic E-state index is -0.373. The first-order valence-electron chi connectivity index (χ1n) is 6.04. The molecule has 1 unspecified atom stereocenters. The predicted molar refractivity (Wildman–Crippen MR) is 68.0 cm³/mol. The maximum absolute atomic E-state index is 11.9. The highest BCUT2D eigenvalue weighted by Crippen LogP contribution is 2.13. The lowest BCUT2D eigenvalue weighted by Gasteiger charge is -2.30. The molecule has 0 spiro atoms. The standard InChI is InChI=1S/C14H17NO3/c16-10-13-8-4-5-9-15(13)14(17)18-11-12-6-2-1-3-7-12/h1-7,13,16H,8-11H2. The Hall–Kier alpha value is -1.81. The topological polar surface area (TPSA) is 49.8 Å². The van der Waals surface area contributed by atoms with Crippen LogP contribution in [0.5, 0.6) is 0 Å². The summed E-state index contributed by atoms with van der Waals surface area (Å²) >= 11 is 0. The summed E-state index contributed by atoms with van der Waals surface area (Å²) in [7, 11) is 0. The summed E-state index contributed by atoms with van der Waals surface area (Å²) in [5.74, 6) is 0. The van der Waals surface area contributed by atoms with Crippen molar-refractivity contribution in [2.75, 3.05) is 13.2 Å². The van der Waals surface area contributed by atoms with E-state index in [-0.39, 0.29) is 25.3 Å². The van der Waals surface area contributed by atoms with Gasteiger partial charge in [-0.15, -0.1) is 0 Å². The summed E-state index contributed by atoms with van der Waals surface area (Å²) in [6.45, 7) is 0.724. The molecular formula is C14H17NO3. The van der Waals surface area contributed by atoms with Crippen LogP contribution in [0.2, 0.25) is 0 Å². The Kier molecular flexibility index (Phi) is 4.36. The van der Waals surface area contributed by atoms with Crippen LogP contribution in [0.4, 0.5) is 4.79 Å². The molecule has 0 aromatic heterocycles. The van der Waals surface area contributed by atoms with Crippen molar-refractivity contribution in [3.05, 3.63) is 48.0 Å². The van der Waals surface area contributed by atoms with E-state index in [0.717, 1.165) is 5.56 Å². The molecule has 1 heterocycles. The van der Waals surface area contributed by atoms with Gasteiger partial charge in [-0.3, -0.25) is 4.90 Å². The highest BCUT2D eigenvalue weighted by atomic mass is 16.6. The average molecular weight is 247 g/mol. The van der Waals surface area contributed by atoms with Gasteiger partial charge in [-0.1, -0.05) is 42.5 Å². The first-order chi connectivity index (χ1) is 8.81. The molecule has 1 aromatic rings. The molecular weight excluding hydrogens is 230 g/mol. The van der Waals surface area contributed by atoms with E-state index in [4.69, 9.17) is 4.74 Å². The van der Waals surface area contributed by atoms with E-state index < -0.39 is 0 Å². The van der Waals surface area contributed by atoms with Gasteiger partial charge in [0.05, 0.1) is 12.6 Å². The fourth-order valence-electron chi connectivity index (χ4n) is 1.92. The number of aliphatic hydroxyl groups excluding tert-OH is 1. The Morgan fingerprint density at radius 1 is 1.33 bits per heavy atom. The summed E-state index contributed by atoms with van der Waals surface area (Å²) in [5, 5.41) is 9.21. The lowest BCUT2D eigenvalue weighted by molar-refractivity contribution is 0.0677. The van der Waals surface area contributed by atoms with Gasteiger partial charge >= 0.3 is 6.09 Å². The van der Waals surface area contributed by atoms with Gasteiger partial charge in [-0.05, 0) is 12.0 Å². The molecule has 2 rings (SSSR count). The fraction of sp³-hybridized carbons (Fsp3) is 0.357. The van der Waals surface area contributed by atoms with Crippen LogP contribution in [0.15, 0.2) is 42.5 Å². The molecule has 1 N–H and O–H groups in total. The second-order valence-corrected chi connectivity index (χ2v) is 4.24. The van der Waals surface area contributed by atoms with Gasteiger partial charge in [-0.2, -0.15) is 0 Å². The summed E-state index contributed by atoms with van der Waals surface area (Å²) in [6.07, 6.45) is 4.19. The maximum Gasteiger partial charge on any atom is 0.410 e. The summed E-state index contributed by atoms with van der Waals surface area (Å²) in [5.41, 5.74) is 0.957. The zero-order valence-electron chi connectivity index (χ0n) is 10.2. The maximum atomic E-state index is 11.9. The third-order valence-corrected chi connectivity index (χ3v) is 2.97. The first kappa shape index (κ1) is 12.6. The van der Waals surface area contributed by atoms with Crippen molar-refractivity contribution in [1.82, 2.24) is 4.90 Å². The third kappa shape index (κ3) is 3.11. The first-order valence-corrected chi connectivity index (χ1v) is 6.04. The Labute approximate surface area is 106 Å². The molecule has 1 aromatic carbocycles. The Bertz CT molecular complexity index is 416. The van der Waals surface area contributed by atoms with E-state index in [1.807, 2.05) is 42.5 Å². The molecule has 1 amide bonds. The minimum absolute atomic E-state index is 0.0369. The Balaban J connectivity index is 1.89. The van der Waals surface area contributed by atoms with Gasteiger partial charge in [0.2, 0.25) is 0 Å². The molecule has 0 saturated carbocycles. The van der Waals surface area contributed by atoms with Crippen LogP contribution in [0, 0.1) is 0 Å². The predicted octanol–water partition coefficient (Wildman–Crippen LogP) is 1.95. The van der Waals surface area contributed by atoms with Gasteiger partial charge in [0.1, 0.15) is 6.61 Å². The summed E-state index contributed by atoms with van der Waals surface area (Å²) in [6, 6.07) is 9.38. The summed E-state index contributed by atoms with van der Waals surface area (Å²) < 4.78 is 5.24. The normalized spacial score (nSPS) is 18.7. The van der Waals surface area contributed by atoms with E-state index >= 15 is 0 Å². The molecule has 4 heteroatoms. The van der Waals surface area contributed by atoms with Crippen molar-refractivity contribution in [2.45, 2.75) is 19.1 Å². The molecule has 0 fully saturated rings. The third-order valence-electron chi connectivity index (χ3n) is 2.97. The molecule has 18 heavy (non-hydrogen) atoms. The molecule has 1 atom stereocenters. The molecule has 1 aliphatic rings. The zero-order chi connectivity index (χ0) is 12.8. The van der Waals surface area contributed by atoms with E-state index in [0.29, 0.717) is 13.0 Å². The molecule has 0 aliphatic carbocycles. The summed E-state index contributed by atoms with van der Waals surface area (Å²) in [4.78, 5) is 13.5. The van der Waals surface area contributed by atoms with E-state index in [1.165, 1.54) is 0 Å². The number of benzene rings is 1. The average Bonchev–Trinajstić information content (AvgIpc) is 2.45. The second kappa shape index (κ2) is 6.21. The molecule has 0 bridgehead atoms. The Morgan fingerprint density at radius 2 is 2.11 bits per heavy atom. The number of hydrogen-bond acceptors (Lipinski definition) is 3. The number of carbonyl (C=O) groups excluding carboxylic acids is 1. The van der Waals surface area contributed by atoms with Crippen molar-refractivity contribution in [3.8, 4) is 0 Å². The molecule has 0 saturated heterocycles. The van der Waals surface area contributed by atoms with Crippen LogP contribution in [0.1, 0.15) is 12.0 Å². The van der Waals surface area contributed by atoms with Crippen LogP contribution < -0.4 is 0 Å².